The molecule has 0 fully saturated rings. The van der Waals surface area contributed by atoms with E-state index >= 15 is 0 Å². The SMILES string of the molecule is Cc1cc(F)ccc1-c1nc(Cl)nc(Cl)n1. The predicted molar refractivity (Wildman–Crippen MR) is 60.0 cm³/mol. The largest absolute Gasteiger partial charge is 0.227 e. The molecule has 0 radical (unpaired) electrons. The lowest BCUT2D eigenvalue weighted by molar-refractivity contribution is 0.627. The summed E-state index contributed by atoms with van der Waals surface area (Å²) in [5.74, 6) is 0.0231. The minimum Gasteiger partial charge on any atom is -0.207 e. The van der Waals surface area contributed by atoms with E-state index in [1.54, 1.807) is 13.0 Å². The second-order valence-corrected chi connectivity index (χ2v) is 3.83. The van der Waals surface area contributed by atoms with E-state index in [-0.39, 0.29) is 16.4 Å². The fraction of sp³-hybridized carbons (Fsp3) is 0.100. The number of aromatic nitrogens is 3. The van der Waals surface area contributed by atoms with E-state index in [0.717, 1.165) is 0 Å². The number of rotatable bonds is 1. The van der Waals surface area contributed by atoms with Crippen LogP contribution in [0.3, 0.4) is 0 Å². The van der Waals surface area contributed by atoms with Crippen molar-refractivity contribution in [2.75, 3.05) is 0 Å². The number of benzene rings is 1. The molecule has 0 saturated heterocycles. The first-order chi connectivity index (χ1) is 7.56. The highest BCUT2D eigenvalue weighted by atomic mass is 35.5. The zero-order chi connectivity index (χ0) is 11.7. The molecule has 2 rings (SSSR count). The van der Waals surface area contributed by atoms with Crippen molar-refractivity contribution >= 4 is 23.2 Å². The van der Waals surface area contributed by atoms with Crippen molar-refractivity contribution in [3.63, 3.8) is 0 Å². The molecule has 0 aliphatic heterocycles. The lowest BCUT2D eigenvalue weighted by atomic mass is 10.1. The molecule has 0 aliphatic rings. The van der Waals surface area contributed by atoms with Crippen molar-refractivity contribution in [3.05, 3.63) is 40.1 Å². The van der Waals surface area contributed by atoms with Crippen LogP contribution < -0.4 is 0 Å². The number of nitrogens with zero attached hydrogens (tertiary/aromatic N) is 3. The van der Waals surface area contributed by atoms with Gasteiger partial charge in [-0.3, -0.25) is 0 Å². The first-order valence-electron chi connectivity index (χ1n) is 4.40. The normalized spacial score (nSPS) is 10.5. The summed E-state index contributed by atoms with van der Waals surface area (Å²) in [6.07, 6.45) is 0. The number of halogens is 3. The highest BCUT2D eigenvalue weighted by Gasteiger charge is 2.09. The summed E-state index contributed by atoms with van der Waals surface area (Å²) >= 11 is 11.3. The van der Waals surface area contributed by atoms with Gasteiger partial charge in [-0.2, -0.15) is 15.0 Å². The summed E-state index contributed by atoms with van der Waals surface area (Å²) in [4.78, 5) is 11.5. The molecule has 1 aromatic carbocycles. The summed E-state index contributed by atoms with van der Waals surface area (Å²) in [5, 5.41) is 0.0254. The maximum absolute atomic E-state index is 12.9. The summed E-state index contributed by atoms with van der Waals surface area (Å²) in [7, 11) is 0. The van der Waals surface area contributed by atoms with Crippen LogP contribution in [0.1, 0.15) is 5.56 Å². The highest BCUT2D eigenvalue weighted by Crippen LogP contribution is 2.22. The second-order valence-electron chi connectivity index (χ2n) is 3.16. The molecule has 0 saturated carbocycles. The van der Waals surface area contributed by atoms with Gasteiger partial charge in [0.05, 0.1) is 0 Å². The van der Waals surface area contributed by atoms with Gasteiger partial charge in [0, 0.05) is 5.56 Å². The van der Waals surface area contributed by atoms with Crippen LogP contribution in [0.15, 0.2) is 18.2 Å². The molecule has 1 aromatic heterocycles. The van der Waals surface area contributed by atoms with Crippen LogP contribution in [0.2, 0.25) is 10.6 Å². The number of hydrogen-bond donors (Lipinski definition) is 0. The van der Waals surface area contributed by atoms with E-state index in [9.17, 15) is 4.39 Å². The van der Waals surface area contributed by atoms with Crippen LogP contribution >= 0.6 is 23.2 Å². The third-order valence-electron chi connectivity index (χ3n) is 2.01. The van der Waals surface area contributed by atoms with Crippen LogP contribution in [-0.2, 0) is 0 Å². The van der Waals surface area contributed by atoms with Crippen molar-refractivity contribution in [3.8, 4) is 11.4 Å². The monoisotopic (exact) mass is 257 g/mol. The Hall–Kier alpha value is -1.26. The van der Waals surface area contributed by atoms with Gasteiger partial charge in [-0.1, -0.05) is 0 Å². The number of aryl methyl sites for hydroxylation is 1. The Kier molecular flexibility index (Phi) is 3.03. The van der Waals surface area contributed by atoms with Crippen LogP contribution in [0.5, 0.6) is 0 Å². The smallest absolute Gasteiger partial charge is 0.207 e. The molecule has 0 unspecified atom stereocenters. The molecule has 0 spiro atoms. The Balaban J connectivity index is 2.58. The van der Waals surface area contributed by atoms with Crippen molar-refractivity contribution in [2.24, 2.45) is 0 Å². The topological polar surface area (TPSA) is 38.7 Å². The molecule has 0 N–H and O–H groups in total. The molecule has 3 nitrogen and oxygen atoms in total. The molecule has 0 atom stereocenters. The van der Waals surface area contributed by atoms with Crippen LogP contribution in [-0.4, -0.2) is 15.0 Å². The first-order valence-corrected chi connectivity index (χ1v) is 5.15. The maximum atomic E-state index is 12.9. The zero-order valence-corrected chi connectivity index (χ0v) is 9.72. The van der Waals surface area contributed by atoms with Crippen molar-refractivity contribution < 1.29 is 4.39 Å². The molecular formula is C10H6Cl2FN3. The zero-order valence-electron chi connectivity index (χ0n) is 8.21. The third kappa shape index (κ3) is 2.28. The molecule has 0 bridgehead atoms. The lowest BCUT2D eigenvalue weighted by Crippen LogP contribution is -1.95. The fourth-order valence-corrected chi connectivity index (χ4v) is 1.69. The van der Waals surface area contributed by atoms with Crippen molar-refractivity contribution in [2.45, 2.75) is 6.92 Å². The Bertz CT molecular complexity index is 525. The molecule has 82 valence electrons. The molecule has 6 heteroatoms. The van der Waals surface area contributed by atoms with Crippen LogP contribution in [0.25, 0.3) is 11.4 Å². The minimum absolute atomic E-state index is 0.0127. The third-order valence-corrected chi connectivity index (χ3v) is 2.35. The summed E-state index contributed by atoms with van der Waals surface area (Å²) in [6.45, 7) is 1.75. The standard InChI is InChI=1S/C10H6Cl2FN3/c1-5-4-6(13)2-3-7(5)8-14-9(11)16-10(12)15-8/h2-4H,1H3. The Labute approximate surface area is 101 Å². The average Bonchev–Trinajstić information content (AvgIpc) is 2.15. The van der Waals surface area contributed by atoms with E-state index in [1.807, 2.05) is 0 Å². The molecule has 16 heavy (non-hydrogen) atoms. The van der Waals surface area contributed by atoms with Gasteiger partial charge in [0.15, 0.2) is 5.82 Å². The Morgan fingerprint density at radius 2 is 1.69 bits per heavy atom. The highest BCUT2D eigenvalue weighted by molar-refractivity contribution is 6.31. The Morgan fingerprint density at radius 1 is 1.06 bits per heavy atom. The van der Waals surface area contributed by atoms with Gasteiger partial charge in [-0.25, -0.2) is 4.39 Å². The van der Waals surface area contributed by atoms with E-state index in [2.05, 4.69) is 15.0 Å². The predicted octanol–water partition coefficient (Wildman–Crippen LogP) is 3.29. The summed E-state index contributed by atoms with van der Waals surface area (Å²) in [5.41, 5.74) is 1.38. The summed E-state index contributed by atoms with van der Waals surface area (Å²) in [6, 6.07) is 4.29. The molecular weight excluding hydrogens is 252 g/mol. The van der Waals surface area contributed by atoms with Crippen LogP contribution in [0, 0.1) is 12.7 Å². The second kappa shape index (κ2) is 4.31. The van der Waals surface area contributed by atoms with E-state index in [4.69, 9.17) is 23.2 Å². The van der Waals surface area contributed by atoms with Gasteiger partial charge in [0.25, 0.3) is 0 Å². The van der Waals surface area contributed by atoms with Crippen LogP contribution in [0.4, 0.5) is 4.39 Å². The molecule has 1 heterocycles. The van der Waals surface area contributed by atoms with Gasteiger partial charge in [0.1, 0.15) is 5.82 Å². The molecule has 2 aromatic rings. The summed E-state index contributed by atoms with van der Waals surface area (Å²) < 4.78 is 12.9. The van der Waals surface area contributed by atoms with Gasteiger partial charge in [-0.05, 0) is 53.9 Å². The lowest BCUT2D eigenvalue weighted by Gasteiger charge is -2.04. The van der Waals surface area contributed by atoms with Crippen molar-refractivity contribution in [1.29, 1.82) is 0 Å². The fourth-order valence-electron chi connectivity index (χ4n) is 1.32. The Morgan fingerprint density at radius 3 is 2.25 bits per heavy atom. The van der Waals surface area contributed by atoms with E-state index < -0.39 is 0 Å². The van der Waals surface area contributed by atoms with Gasteiger partial charge in [-0.15, -0.1) is 0 Å². The molecule has 0 aliphatic carbocycles. The van der Waals surface area contributed by atoms with Gasteiger partial charge in [0.2, 0.25) is 10.6 Å². The number of hydrogen-bond acceptors (Lipinski definition) is 3. The van der Waals surface area contributed by atoms with Gasteiger partial charge < -0.3 is 0 Å². The first kappa shape index (κ1) is 11.2. The van der Waals surface area contributed by atoms with E-state index in [0.29, 0.717) is 17.0 Å². The molecule has 0 amide bonds. The maximum Gasteiger partial charge on any atom is 0.227 e. The minimum atomic E-state index is -0.312. The average molecular weight is 258 g/mol. The van der Waals surface area contributed by atoms with E-state index in [1.165, 1.54) is 12.1 Å². The van der Waals surface area contributed by atoms with Crippen molar-refractivity contribution in [1.82, 2.24) is 15.0 Å². The van der Waals surface area contributed by atoms with Gasteiger partial charge >= 0.3 is 0 Å². The quantitative estimate of drug-likeness (QED) is 0.787.